The van der Waals surface area contributed by atoms with Gasteiger partial charge in [0, 0.05) is 44.6 Å². The number of aromatic nitrogens is 2. The van der Waals surface area contributed by atoms with Crippen molar-refractivity contribution in [2.45, 2.75) is 32.9 Å². The van der Waals surface area contributed by atoms with Gasteiger partial charge in [0.15, 0.2) is 0 Å². The van der Waals surface area contributed by atoms with E-state index in [2.05, 4.69) is 14.9 Å². The fourth-order valence-electron chi connectivity index (χ4n) is 2.34. The maximum Gasteiger partial charge on any atom is 0.409 e. The Morgan fingerprint density at radius 1 is 1.63 bits per heavy atom. The topological polar surface area (TPSA) is 59.4 Å². The number of ether oxygens (including phenoxy) is 1. The number of aryl methyl sites for hydroxylation is 1. The summed E-state index contributed by atoms with van der Waals surface area (Å²) in [7, 11) is 0. The summed E-state index contributed by atoms with van der Waals surface area (Å²) in [5.74, 6) is 1.03. The van der Waals surface area contributed by atoms with Gasteiger partial charge in [-0.25, -0.2) is 9.78 Å². The third-order valence-electron chi connectivity index (χ3n) is 3.42. The predicted molar refractivity (Wildman–Crippen MR) is 72.0 cm³/mol. The highest BCUT2D eigenvalue weighted by Gasteiger charge is 2.26. The van der Waals surface area contributed by atoms with Crippen LogP contribution in [0.1, 0.15) is 19.2 Å². The van der Waals surface area contributed by atoms with Gasteiger partial charge >= 0.3 is 6.09 Å². The number of carbonyl (C=O) groups excluding carboxylic acids is 1. The van der Waals surface area contributed by atoms with Crippen LogP contribution >= 0.6 is 0 Å². The highest BCUT2D eigenvalue weighted by Crippen LogP contribution is 2.10. The third-order valence-corrected chi connectivity index (χ3v) is 3.42. The Kier molecular flexibility index (Phi) is 4.79. The normalized spacial score (nSPS) is 18.8. The minimum Gasteiger partial charge on any atom is -0.450 e. The maximum atomic E-state index is 11.6. The second kappa shape index (κ2) is 6.56. The number of nitrogens with one attached hydrogen (secondary N) is 1. The molecule has 0 unspecified atom stereocenters. The lowest BCUT2D eigenvalue weighted by atomic mass is 10.2. The molecule has 1 aliphatic rings. The summed E-state index contributed by atoms with van der Waals surface area (Å²) in [4.78, 5) is 17.5. The number of nitrogens with zero attached hydrogens (tertiary/aromatic N) is 3. The minimum absolute atomic E-state index is 0.197. The third kappa shape index (κ3) is 3.70. The van der Waals surface area contributed by atoms with Crippen molar-refractivity contribution in [3.8, 4) is 0 Å². The number of hydrogen-bond donors (Lipinski definition) is 1. The Bertz CT molecular complexity index is 419. The largest absolute Gasteiger partial charge is 0.450 e. The molecule has 106 valence electrons. The van der Waals surface area contributed by atoms with Crippen molar-refractivity contribution in [3.05, 3.63) is 18.2 Å². The van der Waals surface area contributed by atoms with Crippen molar-refractivity contribution < 1.29 is 9.53 Å². The lowest BCUT2D eigenvalue weighted by Gasteiger charge is -2.16. The van der Waals surface area contributed by atoms with Crippen LogP contribution in [0.15, 0.2) is 12.4 Å². The zero-order valence-electron chi connectivity index (χ0n) is 11.6. The molecule has 19 heavy (non-hydrogen) atoms. The van der Waals surface area contributed by atoms with Gasteiger partial charge in [-0.05, 0) is 20.3 Å². The molecule has 1 amide bonds. The van der Waals surface area contributed by atoms with Crippen molar-refractivity contribution in [2.24, 2.45) is 0 Å². The number of hydrogen-bond acceptors (Lipinski definition) is 4. The zero-order chi connectivity index (χ0) is 13.7. The second-order valence-electron chi connectivity index (χ2n) is 4.75. The number of imidazole rings is 1. The Hall–Kier alpha value is -1.56. The van der Waals surface area contributed by atoms with Crippen LogP contribution in [0, 0.1) is 6.92 Å². The minimum atomic E-state index is -0.197. The quantitative estimate of drug-likeness (QED) is 0.864. The Labute approximate surface area is 113 Å². The fourth-order valence-corrected chi connectivity index (χ4v) is 2.34. The van der Waals surface area contributed by atoms with Crippen molar-refractivity contribution in [3.63, 3.8) is 0 Å². The molecule has 0 aromatic carbocycles. The van der Waals surface area contributed by atoms with Crippen LogP contribution in [0.3, 0.4) is 0 Å². The average molecular weight is 266 g/mol. The van der Waals surface area contributed by atoms with Gasteiger partial charge < -0.3 is 19.5 Å². The maximum absolute atomic E-state index is 11.6. The van der Waals surface area contributed by atoms with E-state index in [0.717, 1.165) is 38.4 Å². The number of amides is 1. The fraction of sp³-hybridized carbons (Fsp3) is 0.692. The zero-order valence-corrected chi connectivity index (χ0v) is 11.6. The molecule has 1 aromatic heterocycles. The molecule has 1 aromatic rings. The Balaban J connectivity index is 1.68. The summed E-state index contributed by atoms with van der Waals surface area (Å²) < 4.78 is 7.12. The van der Waals surface area contributed by atoms with Crippen molar-refractivity contribution in [1.82, 2.24) is 19.8 Å². The first kappa shape index (κ1) is 13.9. The Morgan fingerprint density at radius 3 is 3.16 bits per heavy atom. The molecule has 1 saturated heterocycles. The molecule has 0 radical (unpaired) electrons. The van der Waals surface area contributed by atoms with Gasteiger partial charge in [-0.1, -0.05) is 0 Å². The molecular weight excluding hydrogens is 244 g/mol. The van der Waals surface area contributed by atoms with Crippen LogP contribution in [0.4, 0.5) is 4.79 Å². The molecule has 2 rings (SSSR count). The predicted octanol–water partition coefficient (Wildman–Crippen LogP) is 1.01. The second-order valence-corrected chi connectivity index (χ2v) is 4.75. The summed E-state index contributed by atoms with van der Waals surface area (Å²) >= 11 is 0. The van der Waals surface area contributed by atoms with Crippen LogP contribution in [-0.4, -0.2) is 52.8 Å². The molecular formula is C13H22N4O2. The number of carbonyl (C=O) groups is 1. The first-order valence-corrected chi connectivity index (χ1v) is 6.83. The molecule has 0 bridgehead atoms. The molecule has 1 atom stereocenters. The highest BCUT2D eigenvalue weighted by molar-refractivity contribution is 5.68. The van der Waals surface area contributed by atoms with Gasteiger partial charge in [-0.2, -0.15) is 0 Å². The summed E-state index contributed by atoms with van der Waals surface area (Å²) in [6.07, 6.45) is 4.59. The molecule has 1 fully saturated rings. The van der Waals surface area contributed by atoms with Crippen LogP contribution in [0.5, 0.6) is 0 Å². The van der Waals surface area contributed by atoms with Crippen LogP contribution in [-0.2, 0) is 11.3 Å². The molecule has 1 N–H and O–H groups in total. The van der Waals surface area contributed by atoms with E-state index in [1.807, 2.05) is 26.2 Å². The van der Waals surface area contributed by atoms with E-state index in [1.54, 1.807) is 4.90 Å². The number of likely N-dealkylation sites (tertiary alicyclic amines) is 1. The van der Waals surface area contributed by atoms with E-state index >= 15 is 0 Å². The van der Waals surface area contributed by atoms with E-state index in [-0.39, 0.29) is 6.09 Å². The van der Waals surface area contributed by atoms with Crippen LogP contribution in [0.25, 0.3) is 0 Å². The van der Waals surface area contributed by atoms with E-state index in [0.29, 0.717) is 12.6 Å². The monoisotopic (exact) mass is 266 g/mol. The number of rotatable bonds is 5. The van der Waals surface area contributed by atoms with E-state index in [4.69, 9.17) is 4.74 Å². The summed E-state index contributed by atoms with van der Waals surface area (Å²) in [6.45, 7) is 7.57. The van der Waals surface area contributed by atoms with Gasteiger partial charge in [-0.15, -0.1) is 0 Å². The lowest BCUT2D eigenvalue weighted by Crippen LogP contribution is -2.36. The summed E-state index contributed by atoms with van der Waals surface area (Å²) in [5.41, 5.74) is 0. The first-order valence-electron chi connectivity index (χ1n) is 6.83. The van der Waals surface area contributed by atoms with Gasteiger partial charge in [0.05, 0.1) is 6.61 Å². The van der Waals surface area contributed by atoms with Gasteiger partial charge in [0.2, 0.25) is 0 Å². The van der Waals surface area contributed by atoms with Crippen molar-refractivity contribution in [2.75, 3.05) is 26.2 Å². The molecule has 6 heteroatoms. The molecule has 1 aliphatic heterocycles. The Morgan fingerprint density at radius 2 is 2.47 bits per heavy atom. The molecule has 6 nitrogen and oxygen atoms in total. The summed E-state index contributed by atoms with van der Waals surface area (Å²) in [5, 5.41) is 3.48. The van der Waals surface area contributed by atoms with E-state index in [9.17, 15) is 4.79 Å². The molecule has 0 aliphatic carbocycles. The van der Waals surface area contributed by atoms with Crippen LogP contribution in [0.2, 0.25) is 0 Å². The average Bonchev–Trinajstić information content (AvgIpc) is 3.00. The summed E-state index contributed by atoms with van der Waals surface area (Å²) in [6, 6.07) is 0.369. The first-order chi connectivity index (χ1) is 9.20. The SMILES string of the molecule is CCOC(=O)N1CC[C@@H](NCCn2ccnc2C)C1. The van der Waals surface area contributed by atoms with Gasteiger partial charge in [0.1, 0.15) is 5.82 Å². The van der Waals surface area contributed by atoms with Gasteiger partial charge in [0.25, 0.3) is 0 Å². The van der Waals surface area contributed by atoms with Gasteiger partial charge in [-0.3, -0.25) is 0 Å². The van der Waals surface area contributed by atoms with Crippen molar-refractivity contribution >= 4 is 6.09 Å². The molecule has 2 heterocycles. The van der Waals surface area contributed by atoms with E-state index < -0.39 is 0 Å². The van der Waals surface area contributed by atoms with Crippen molar-refractivity contribution in [1.29, 1.82) is 0 Å². The lowest BCUT2D eigenvalue weighted by molar-refractivity contribution is 0.115. The highest BCUT2D eigenvalue weighted by atomic mass is 16.6. The van der Waals surface area contributed by atoms with Crippen LogP contribution < -0.4 is 5.32 Å². The standard InChI is InChI=1S/C13H22N4O2/c1-3-19-13(18)17-7-4-12(10-17)15-6-9-16-8-5-14-11(16)2/h5,8,12,15H,3-4,6-7,9-10H2,1-2H3/t12-/m1/s1. The smallest absolute Gasteiger partial charge is 0.409 e. The van der Waals surface area contributed by atoms with E-state index in [1.165, 1.54) is 0 Å². The molecule has 0 spiro atoms. The molecule has 0 saturated carbocycles.